The van der Waals surface area contributed by atoms with Crippen LogP contribution in [0.4, 0.5) is 11.4 Å². The van der Waals surface area contributed by atoms with E-state index in [9.17, 15) is 9.59 Å². The fourth-order valence-corrected chi connectivity index (χ4v) is 4.58. The lowest BCUT2D eigenvalue weighted by atomic mass is 9.80. The van der Waals surface area contributed by atoms with E-state index in [0.717, 1.165) is 68.3 Å². The predicted octanol–water partition coefficient (Wildman–Crippen LogP) is 3.97. The molecule has 1 heterocycles. The van der Waals surface area contributed by atoms with E-state index in [1.165, 1.54) is 6.42 Å². The Hall–Kier alpha value is -1.84. The van der Waals surface area contributed by atoms with E-state index in [4.69, 9.17) is 0 Å². The fraction of sp³-hybridized carbons (Fsp3) is 0.579. The van der Waals surface area contributed by atoms with E-state index >= 15 is 0 Å². The first-order valence-corrected chi connectivity index (χ1v) is 8.96. The molecule has 1 aromatic rings. The van der Waals surface area contributed by atoms with Gasteiger partial charge in [0, 0.05) is 17.3 Å². The van der Waals surface area contributed by atoms with Crippen molar-refractivity contribution in [3.8, 4) is 0 Å². The molecule has 0 aromatic heterocycles. The molecule has 0 atom stereocenters. The minimum absolute atomic E-state index is 0.140. The highest BCUT2D eigenvalue weighted by Crippen LogP contribution is 2.49. The summed E-state index contributed by atoms with van der Waals surface area (Å²) in [7, 11) is 0. The van der Waals surface area contributed by atoms with E-state index in [1.807, 2.05) is 18.2 Å². The van der Waals surface area contributed by atoms with Gasteiger partial charge in [-0.1, -0.05) is 32.1 Å². The van der Waals surface area contributed by atoms with Gasteiger partial charge in [-0.25, -0.2) is 0 Å². The SMILES string of the molecule is O=C(Nc1ccc2c(c1)C1(CCCC1)C(=O)N2)C1CCCCC1. The average Bonchev–Trinajstić information content (AvgIpc) is 3.17. The van der Waals surface area contributed by atoms with Crippen molar-refractivity contribution >= 4 is 23.2 Å². The van der Waals surface area contributed by atoms with E-state index < -0.39 is 0 Å². The Morgan fingerprint density at radius 1 is 1.09 bits per heavy atom. The smallest absolute Gasteiger partial charge is 0.235 e. The summed E-state index contributed by atoms with van der Waals surface area (Å²) in [6, 6.07) is 5.88. The monoisotopic (exact) mass is 312 g/mol. The number of anilines is 2. The second-order valence-corrected chi connectivity index (χ2v) is 7.33. The van der Waals surface area contributed by atoms with E-state index in [-0.39, 0.29) is 23.1 Å². The van der Waals surface area contributed by atoms with Gasteiger partial charge in [-0.05, 0) is 49.4 Å². The maximum absolute atomic E-state index is 12.5. The molecule has 1 aromatic carbocycles. The molecule has 0 bridgehead atoms. The second kappa shape index (κ2) is 5.66. The predicted molar refractivity (Wildman–Crippen MR) is 90.4 cm³/mol. The largest absolute Gasteiger partial charge is 0.326 e. The Balaban J connectivity index is 1.57. The Morgan fingerprint density at radius 2 is 1.83 bits per heavy atom. The number of benzene rings is 1. The molecule has 2 amide bonds. The Labute approximate surface area is 137 Å². The van der Waals surface area contributed by atoms with Crippen LogP contribution in [-0.4, -0.2) is 11.8 Å². The molecule has 1 aliphatic heterocycles. The van der Waals surface area contributed by atoms with E-state index in [0.29, 0.717) is 0 Å². The summed E-state index contributed by atoms with van der Waals surface area (Å²) in [5.41, 5.74) is 2.50. The van der Waals surface area contributed by atoms with E-state index in [2.05, 4.69) is 10.6 Å². The second-order valence-electron chi connectivity index (χ2n) is 7.33. The van der Waals surface area contributed by atoms with Crippen LogP contribution < -0.4 is 10.6 Å². The summed E-state index contributed by atoms with van der Waals surface area (Å²) in [4.78, 5) is 24.9. The molecule has 3 aliphatic rings. The quantitative estimate of drug-likeness (QED) is 0.868. The van der Waals surface area contributed by atoms with Gasteiger partial charge in [-0.15, -0.1) is 0 Å². The lowest BCUT2D eigenvalue weighted by Gasteiger charge is -2.23. The van der Waals surface area contributed by atoms with Crippen molar-refractivity contribution in [2.45, 2.75) is 63.2 Å². The van der Waals surface area contributed by atoms with Crippen molar-refractivity contribution < 1.29 is 9.59 Å². The number of nitrogens with one attached hydrogen (secondary N) is 2. The first-order chi connectivity index (χ1) is 11.2. The standard InChI is InChI=1S/C19H24N2O2/c22-17(13-6-2-1-3-7-13)20-14-8-9-16-15(12-14)19(18(23)21-16)10-4-5-11-19/h8-9,12-13H,1-7,10-11H2,(H,20,22)(H,21,23). The van der Waals surface area contributed by atoms with Crippen LogP contribution in [0.1, 0.15) is 63.4 Å². The summed E-state index contributed by atoms with van der Waals surface area (Å²) in [6.07, 6.45) is 9.61. The van der Waals surface area contributed by atoms with Gasteiger partial charge in [-0.2, -0.15) is 0 Å². The summed E-state index contributed by atoms with van der Waals surface area (Å²) in [5.74, 6) is 0.431. The van der Waals surface area contributed by atoms with Crippen LogP contribution in [0, 0.1) is 5.92 Å². The molecular weight excluding hydrogens is 288 g/mol. The van der Waals surface area contributed by atoms with Crippen molar-refractivity contribution in [2.24, 2.45) is 5.92 Å². The fourth-order valence-electron chi connectivity index (χ4n) is 4.58. The molecule has 122 valence electrons. The van der Waals surface area contributed by atoms with Gasteiger partial charge in [0.15, 0.2) is 0 Å². The van der Waals surface area contributed by atoms with Crippen LogP contribution in [-0.2, 0) is 15.0 Å². The van der Waals surface area contributed by atoms with E-state index in [1.54, 1.807) is 0 Å². The van der Waals surface area contributed by atoms with Crippen molar-refractivity contribution in [1.82, 2.24) is 0 Å². The number of rotatable bonds is 2. The summed E-state index contributed by atoms with van der Waals surface area (Å²) in [5, 5.41) is 6.11. The molecule has 2 fully saturated rings. The highest BCUT2D eigenvalue weighted by atomic mass is 16.2. The highest BCUT2D eigenvalue weighted by molar-refractivity contribution is 6.07. The average molecular weight is 312 g/mol. The third-order valence-electron chi connectivity index (χ3n) is 5.92. The van der Waals surface area contributed by atoms with Crippen LogP contribution in [0.15, 0.2) is 18.2 Å². The molecule has 23 heavy (non-hydrogen) atoms. The molecule has 0 radical (unpaired) electrons. The Bertz CT molecular complexity index is 641. The third-order valence-corrected chi connectivity index (χ3v) is 5.92. The molecule has 0 saturated heterocycles. The topological polar surface area (TPSA) is 58.2 Å². The van der Waals surface area contributed by atoms with Crippen LogP contribution in [0.3, 0.4) is 0 Å². The molecule has 4 nitrogen and oxygen atoms in total. The minimum Gasteiger partial charge on any atom is -0.326 e. The Kier molecular flexibility index (Phi) is 3.63. The lowest BCUT2D eigenvalue weighted by molar-refractivity contribution is -0.121. The Morgan fingerprint density at radius 3 is 2.57 bits per heavy atom. The summed E-state index contributed by atoms with van der Waals surface area (Å²) < 4.78 is 0. The zero-order valence-corrected chi connectivity index (χ0v) is 13.5. The van der Waals surface area contributed by atoms with Crippen molar-refractivity contribution in [1.29, 1.82) is 0 Å². The summed E-state index contributed by atoms with van der Waals surface area (Å²) >= 11 is 0. The number of carbonyl (C=O) groups excluding carboxylic acids is 2. The molecule has 4 heteroatoms. The molecule has 1 spiro atoms. The highest BCUT2D eigenvalue weighted by Gasteiger charge is 2.48. The van der Waals surface area contributed by atoms with Gasteiger partial charge in [0.2, 0.25) is 11.8 Å². The molecule has 4 rings (SSSR count). The van der Waals surface area contributed by atoms with Gasteiger partial charge < -0.3 is 10.6 Å². The van der Waals surface area contributed by atoms with Crippen molar-refractivity contribution in [3.05, 3.63) is 23.8 Å². The molecule has 2 N–H and O–H groups in total. The number of hydrogen-bond acceptors (Lipinski definition) is 2. The first-order valence-electron chi connectivity index (χ1n) is 8.96. The third kappa shape index (κ3) is 2.44. The number of fused-ring (bicyclic) bond motifs is 2. The van der Waals surface area contributed by atoms with Gasteiger partial charge in [0.25, 0.3) is 0 Å². The maximum Gasteiger partial charge on any atom is 0.235 e. The maximum atomic E-state index is 12.5. The van der Waals surface area contributed by atoms with Crippen LogP contribution in [0.5, 0.6) is 0 Å². The van der Waals surface area contributed by atoms with Gasteiger partial charge in [-0.3, -0.25) is 9.59 Å². The van der Waals surface area contributed by atoms with Gasteiger partial charge in [0.1, 0.15) is 0 Å². The van der Waals surface area contributed by atoms with Crippen LogP contribution in [0.2, 0.25) is 0 Å². The molecule has 0 unspecified atom stereocenters. The summed E-state index contributed by atoms with van der Waals surface area (Å²) in [6.45, 7) is 0. The number of amides is 2. The number of carbonyl (C=O) groups is 2. The number of hydrogen-bond donors (Lipinski definition) is 2. The van der Waals surface area contributed by atoms with Gasteiger partial charge in [0.05, 0.1) is 5.41 Å². The van der Waals surface area contributed by atoms with Crippen LogP contribution >= 0.6 is 0 Å². The molecule has 2 saturated carbocycles. The molecule has 2 aliphatic carbocycles. The normalized spacial score (nSPS) is 22.9. The van der Waals surface area contributed by atoms with Gasteiger partial charge >= 0.3 is 0 Å². The van der Waals surface area contributed by atoms with Crippen molar-refractivity contribution in [3.63, 3.8) is 0 Å². The van der Waals surface area contributed by atoms with Crippen LogP contribution in [0.25, 0.3) is 0 Å². The first kappa shape index (κ1) is 14.7. The van der Waals surface area contributed by atoms with Crippen molar-refractivity contribution in [2.75, 3.05) is 10.6 Å². The minimum atomic E-state index is -0.346. The lowest BCUT2D eigenvalue weighted by Crippen LogP contribution is -2.31. The zero-order valence-electron chi connectivity index (χ0n) is 13.5. The molecular formula is C19H24N2O2. The zero-order chi connectivity index (χ0) is 15.9.